The van der Waals surface area contributed by atoms with Gasteiger partial charge in [-0.3, -0.25) is 0 Å². The summed E-state index contributed by atoms with van der Waals surface area (Å²) in [5.41, 5.74) is 5.44. The first kappa shape index (κ1) is 19.9. The van der Waals surface area contributed by atoms with E-state index in [1.54, 1.807) is 11.1 Å². The monoisotopic (exact) mass is 379 g/mol. The van der Waals surface area contributed by atoms with Crippen LogP contribution in [0.4, 0.5) is 0 Å². The number of fused-ring (bicyclic) bond motifs is 1. The van der Waals surface area contributed by atoms with Crippen LogP contribution in [0.3, 0.4) is 0 Å². The average Bonchev–Trinajstić information content (AvgIpc) is 3.11. The van der Waals surface area contributed by atoms with Gasteiger partial charge in [0.15, 0.2) is 0 Å². The lowest BCUT2D eigenvalue weighted by Gasteiger charge is -2.18. The molecule has 3 rings (SSSR count). The second kappa shape index (κ2) is 8.91. The molecule has 0 spiro atoms. The molecule has 28 heavy (non-hydrogen) atoms. The van der Waals surface area contributed by atoms with Crippen molar-refractivity contribution in [2.75, 3.05) is 6.61 Å². The Bertz CT molecular complexity index is 934. The minimum atomic E-state index is 0.267. The van der Waals surface area contributed by atoms with Crippen LogP contribution in [0, 0.1) is 0 Å². The number of phenols is 1. The molecule has 1 N–H and O–H groups in total. The first-order valence-electron chi connectivity index (χ1n) is 9.96. The highest BCUT2D eigenvalue weighted by Crippen LogP contribution is 2.36. The van der Waals surface area contributed by atoms with E-state index in [4.69, 9.17) is 4.74 Å². The van der Waals surface area contributed by atoms with E-state index in [0.29, 0.717) is 18.2 Å². The van der Waals surface area contributed by atoms with E-state index in [1.165, 1.54) is 0 Å². The highest BCUT2D eigenvalue weighted by atomic mass is 16.5. The zero-order valence-electron chi connectivity index (χ0n) is 17.1. The van der Waals surface area contributed by atoms with Crippen molar-refractivity contribution in [1.29, 1.82) is 0 Å². The van der Waals surface area contributed by atoms with Crippen molar-refractivity contribution in [3.8, 4) is 11.4 Å². The van der Waals surface area contributed by atoms with Gasteiger partial charge in [0, 0.05) is 6.42 Å². The average molecular weight is 380 g/mol. The van der Waals surface area contributed by atoms with E-state index >= 15 is 0 Å². The van der Waals surface area contributed by atoms with Crippen LogP contribution in [0.1, 0.15) is 57.6 Å². The van der Waals surface area contributed by atoms with Crippen molar-refractivity contribution in [3.63, 3.8) is 0 Å². The topological polar surface area (TPSA) is 60.2 Å². The summed E-state index contributed by atoms with van der Waals surface area (Å²) in [6, 6.07) is 11.8. The smallest absolute Gasteiger partial charge is 0.146 e. The molecular weight excluding hydrogens is 350 g/mol. The van der Waals surface area contributed by atoms with Crippen molar-refractivity contribution in [1.82, 2.24) is 15.0 Å². The summed E-state index contributed by atoms with van der Waals surface area (Å²) < 4.78 is 5.61. The van der Waals surface area contributed by atoms with Gasteiger partial charge in [0.1, 0.15) is 22.5 Å². The minimum Gasteiger partial charge on any atom is -0.505 e. The molecule has 3 aromatic rings. The molecular formula is C23H29N3O2. The molecule has 2 aromatic carbocycles. The number of ether oxygens (including phenoxy) is 1. The number of hydrogen-bond donors (Lipinski definition) is 1. The number of aromatic nitrogens is 3. The summed E-state index contributed by atoms with van der Waals surface area (Å²) in [5, 5.41) is 20.2. The van der Waals surface area contributed by atoms with Crippen LogP contribution in [0.25, 0.3) is 16.7 Å². The zero-order valence-corrected chi connectivity index (χ0v) is 17.1. The van der Waals surface area contributed by atoms with E-state index in [2.05, 4.69) is 30.1 Å². The molecule has 0 atom stereocenters. The molecule has 1 heterocycles. The maximum absolute atomic E-state index is 11.0. The zero-order chi connectivity index (χ0) is 20.1. The van der Waals surface area contributed by atoms with Gasteiger partial charge in [0.25, 0.3) is 0 Å². The third-order valence-electron chi connectivity index (χ3n) is 4.93. The van der Waals surface area contributed by atoms with Crippen LogP contribution in [0.15, 0.2) is 48.2 Å². The summed E-state index contributed by atoms with van der Waals surface area (Å²) in [7, 11) is 0. The molecule has 0 unspecified atom stereocenters. The Morgan fingerprint density at radius 1 is 1.11 bits per heavy atom. The molecule has 0 saturated carbocycles. The molecule has 0 fully saturated rings. The highest BCUT2D eigenvalue weighted by Gasteiger charge is 2.19. The summed E-state index contributed by atoms with van der Waals surface area (Å²) >= 11 is 0. The molecule has 5 nitrogen and oxygen atoms in total. The van der Waals surface area contributed by atoms with Crippen molar-refractivity contribution >= 4 is 11.0 Å². The largest absolute Gasteiger partial charge is 0.505 e. The van der Waals surface area contributed by atoms with Crippen LogP contribution in [-0.2, 0) is 11.2 Å². The molecule has 0 saturated heterocycles. The van der Waals surface area contributed by atoms with Crippen LogP contribution in [-0.4, -0.2) is 26.7 Å². The summed E-state index contributed by atoms with van der Waals surface area (Å²) in [6.07, 6.45) is 4.47. The Balaban J connectivity index is 2.02. The predicted octanol–water partition coefficient (Wildman–Crippen LogP) is 5.51. The Hall–Kier alpha value is -2.82. The van der Waals surface area contributed by atoms with Crippen molar-refractivity contribution < 1.29 is 9.84 Å². The van der Waals surface area contributed by atoms with Gasteiger partial charge < -0.3 is 9.84 Å². The van der Waals surface area contributed by atoms with Gasteiger partial charge in [-0.05, 0) is 67.5 Å². The van der Waals surface area contributed by atoms with Crippen LogP contribution < -0.4 is 0 Å². The van der Waals surface area contributed by atoms with Crippen molar-refractivity contribution in [2.24, 2.45) is 0 Å². The third-order valence-corrected chi connectivity index (χ3v) is 4.93. The normalized spacial score (nSPS) is 11.2. The van der Waals surface area contributed by atoms with E-state index in [0.717, 1.165) is 47.0 Å². The second-order valence-corrected chi connectivity index (χ2v) is 7.36. The molecule has 0 aliphatic carbocycles. The van der Waals surface area contributed by atoms with Gasteiger partial charge in [-0.15, -0.1) is 15.0 Å². The van der Waals surface area contributed by atoms with Gasteiger partial charge in [-0.25, -0.2) is 0 Å². The van der Waals surface area contributed by atoms with Crippen molar-refractivity contribution in [3.05, 3.63) is 59.4 Å². The van der Waals surface area contributed by atoms with Crippen LogP contribution >= 0.6 is 0 Å². The fourth-order valence-electron chi connectivity index (χ4n) is 3.41. The Morgan fingerprint density at radius 3 is 2.32 bits per heavy atom. The fourth-order valence-corrected chi connectivity index (χ4v) is 3.41. The lowest BCUT2D eigenvalue weighted by molar-refractivity contribution is 0.250. The minimum absolute atomic E-state index is 0.267. The van der Waals surface area contributed by atoms with Gasteiger partial charge in [-0.1, -0.05) is 32.0 Å². The Labute approximate surface area is 166 Å². The quantitative estimate of drug-likeness (QED) is 0.414. The molecule has 0 aliphatic heterocycles. The predicted molar refractivity (Wildman–Crippen MR) is 113 cm³/mol. The van der Waals surface area contributed by atoms with Crippen molar-refractivity contribution in [2.45, 2.75) is 52.9 Å². The molecule has 0 bridgehead atoms. The fraction of sp³-hybridized carbons (Fsp3) is 0.391. The Morgan fingerprint density at radius 2 is 1.75 bits per heavy atom. The maximum atomic E-state index is 11.0. The van der Waals surface area contributed by atoms with Crippen LogP contribution in [0.5, 0.6) is 5.75 Å². The number of rotatable bonds is 8. The van der Waals surface area contributed by atoms with Gasteiger partial charge in [0.05, 0.1) is 12.9 Å². The number of nitrogens with zero attached hydrogens (tertiary/aromatic N) is 3. The number of hydrogen-bond acceptors (Lipinski definition) is 4. The number of benzene rings is 2. The van der Waals surface area contributed by atoms with Gasteiger partial charge in [0.2, 0.25) is 0 Å². The second-order valence-electron chi connectivity index (χ2n) is 7.36. The van der Waals surface area contributed by atoms with E-state index in [1.807, 2.05) is 44.2 Å². The third kappa shape index (κ3) is 4.35. The Kier molecular flexibility index (Phi) is 6.34. The molecule has 0 amide bonds. The highest BCUT2D eigenvalue weighted by molar-refractivity contribution is 5.73. The van der Waals surface area contributed by atoms with E-state index in [9.17, 15) is 5.11 Å². The summed E-state index contributed by atoms with van der Waals surface area (Å²) in [6.45, 7) is 8.92. The number of aromatic hydroxyl groups is 1. The number of allylic oxidation sites excluding steroid dienone is 1. The first-order chi connectivity index (χ1) is 13.5. The maximum Gasteiger partial charge on any atom is 0.146 e. The first-order valence-corrected chi connectivity index (χ1v) is 9.96. The van der Waals surface area contributed by atoms with Gasteiger partial charge >= 0.3 is 0 Å². The molecule has 1 aromatic heterocycles. The molecule has 148 valence electrons. The lowest BCUT2D eigenvalue weighted by Crippen LogP contribution is -2.06. The number of phenolic OH excluding ortho intramolecular Hbond substituents is 1. The van der Waals surface area contributed by atoms with E-state index < -0.39 is 0 Å². The SMILES string of the molecule is CCC(CC)c1cc(CCOC=C(C)C)cc(-n2nc3ccccc3n2)c1O. The van der Waals surface area contributed by atoms with Gasteiger partial charge in [-0.2, -0.15) is 0 Å². The lowest BCUT2D eigenvalue weighted by atomic mass is 9.90. The summed E-state index contributed by atoms with van der Waals surface area (Å²) in [4.78, 5) is 1.55. The molecule has 0 aliphatic rings. The van der Waals surface area contributed by atoms with E-state index in [-0.39, 0.29) is 5.75 Å². The standard InChI is InChI=1S/C23H29N3O2/c1-5-18(6-2)19-13-17(11-12-28-15-16(3)4)14-22(23(19)27)26-24-20-9-7-8-10-21(20)25-26/h7-10,13-15,18,27H,5-6,11-12H2,1-4H3. The molecule has 5 heteroatoms. The summed E-state index contributed by atoms with van der Waals surface area (Å²) in [5.74, 6) is 0.561. The van der Waals surface area contributed by atoms with Crippen LogP contribution in [0.2, 0.25) is 0 Å². The molecule has 0 radical (unpaired) electrons.